The standard InChI is InChI=1S/C21H26N2O3/c1-21(2,3)23-20(25)22-18(14-16-10-6-4-7-11-16)19(24)26-15-17-12-8-5-9-13-17/h4-13,18H,14-15H2,1-3H3,(H2,22,23,25)/t18-/m0/s1. The van der Waals surface area contributed by atoms with Crippen LogP contribution in [0.25, 0.3) is 0 Å². The maximum absolute atomic E-state index is 12.6. The summed E-state index contributed by atoms with van der Waals surface area (Å²) in [6.07, 6.45) is 0.367. The number of carbonyl (C=O) groups is 2. The van der Waals surface area contributed by atoms with E-state index in [-0.39, 0.29) is 6.61 Å². The second kappa shape index (κ2) is 9.04. The highest BCUT2D eigenvalue weighted by Crippen LogP contribution is 2.08. The van der Waals surface area contributed by atoms with E-state index < -0.39 is 23.6 Å². The van der Waals surface area contributed by atoms with Crippen molar-refractivity contribution in [1.82, 2.24) is 10.6 Å². The lowest BCUT2D eigenvalue weighted by atomic mass is 10.1. The molecular weight excluding hydrogens is 328 g/mol. The summed E-state index contributed by atoms with van der Waals surface area (Å²) in [5.41, 5.74) is 1.46. The number of amides is 2. The molecule has 0 fully saturated rings. The van der Waals surface area contributed by atoms with Crippen LogP contribution in [0.2, 0.25) is 0 Å². The average molecular weight is 354 g/mol. The molecule has 0 aliphatic heterocycles. The van der Waals surface area contributed by atoms with Gasteiger partial charge in [0.1, 0.15) is 12.6 Å². The highest BCUT2D eigenvalue weighted by Gasteiger charge is 2.24. The Morgan fingerprint density at radius 3 is 2.00 bits per heavy atom. The van der Waals surface area contributed by atoms with Gasteiger partial charge in [-0.2, -0.15) is 0 Å². The van der Waals surface area contributed by atoms with Gasteiger partial charge in [0, 0.05) is 12.0 Å². The molecular formula is C21H26N2O3. The lowest BCUT2D eigenvalue weighted by Gasteiger charge is -2.24. The summed E-state index contributed by atoms with van der Waals surface area (Å²) in [4.78, 5) is 24.8. The molecule has 0 aliphatic rings. The molecule has 0 heterocycles. The van der Waals surface area contributed by atoms with Crippen LogP contribution < -0.4 is 10.6 Å². The summed E-state index contributed by atoms with van der Waals surface area (Å²) in [5.74, 6) is -0.457. The molecule has 1 atom stereocenters. The molecule has 0 spiro atoms. The van der Waals surface area contributed by atoms with Crippen molar-refractivity contribution in [3.05, 3.63) is 71.8 Å². The molecule has 138 valence electrons. The van der Waals surface area contributed by atoms with E-state index in [9.17, 15) is 9.59 Å². The van der Waals surface area contributed by atoms with Crippen molar-refractivity contribution >= 4 is 12.0 Å². The molecule has 2 aromatic carbocycles. The van der Waals surface area contributed by atoms with E-state index in [2.05, 4.69) is 10.6 Å². The van der Waals surface area contributed by atoms with Crippen LogP contribution in [0.3, 0.4) is 0 Å². The van der Waals surface area contributed by atoms with Gasteiger partial charge in [-0.15, -0.1) is 0 Å². The fraction of sp³-hybridized carbons (Fsp3) is 0.333. The van der Waals surface area contributed by atoms with Gasteiger partial charge in [-0.1, -0.05) is 60.7 Å². The number of esters is 1. The maximum atomic E-state index is 12.6. The number of carbonyl (C=O) groups excluding carboxylic acids is 2. The zero-order chi connectivity index (χ0) is 19.0. The molecule has 0 aromatic heterocycles. The fourth-order valence-corrected chi connectivity index (χ4v) is 2.41. The lowest BCUT2D eigenvalue weighted by molar-refractivity contribution is -0.147. The first-order valence-electron chi connectivity index (χ1n) is 8.67. The molecule has 2 N–H and O–H groups in total. The summed E-state index contributed by atoms with van der Waals surface area (Å²) in [6, 6.07) is 17.8. The Morgan fingerprint density at radius 1 is 0.923 bits per heavy atom. The zero-order valence-electron chi connectivity index (χ0n) is 15.5. The van der Waals surface area contributed by atoms with Crippen LogP contribution in [0.4, 0.5) is 4.79 Å². The van der Waals surface area contributed by atoms with E-state index in [1.807, 2.05) is 81.4 Å². The highest BCUT2D eigenvalue weighted by molar-refractivity contribution is 5.84. The van der Waals surface area contributed by atoms with Crippen molar-refractivity contribution in [1.29, 1.82) is 0 Å². The molecule has 0 unspecified atom stereocenters. The van der Waals surface area contributed by atoms with Crippen LogP contribution in [0.15, 0.2) is 60.7 Å². The van der Waals surface area contributed by atoms with Crippen LogP contribution in [-0.2, 0) is 22.6 Å². The zero-order valence-corrected chi connectivity index (χ0v) is 15.5. The van der Waals surface area contributed by atoms with E-state index in [1.165, 1.54) is 0 Å². The van der Waals surface area contributed by atoms with Crippen LogP contribution in [-0.4, -0.2) is 23.6 Å². The molecule has 2 rings (SSSR count). The summed E-state index contributed by atoms with van der Waals surface area (Å²) >= 11 is 0. The molecule has 0 radical (unpaired) electrons. The van der Waals surface area contributed by atoms with Crippen molar-refractivity contribution in [2.45, 2.75) is 45.4 Å². The number of nitrogens with one attached hydrogen (secondary N) is 2. The normalized spacial score (nSPS) is 12.1. The van der Waals surface area contributed by atoms with Gasteiger partial charge in [0.2, 0.25) is 0 Å². The van der Waals surface area contributed by atoms with Gasteiger partial charge in [0.25, 0.3) is 0 Å². The van der Waals surface area contributed by atoms with E-state index in [0.717, 1.165) is 11.1 Å². The molecule has 2 aromatic rings. The van der Waals surface area contributed by atoms with Gasteiger partial charge in [-0.25, -0.2) is 9.59 Å². The second-order valence-corrected chi connectivity index (χ2v) is 7.18. The van der Waals surface area contributed by atoms with Crippen molar-refractivity contribution in [2.75, 3.05) is 0 Å². The maximum Gasteiger partial charge on any atom is 0.329 e. The third kappa shape index (κ3) is 6.97. The van der Waals surface area contributed by atoms with Crippen LogP contribution >= 0.6 is 0 Å². The number of rotatable bonds is 6. The Hall–Kier alpha value is -2.82. The predicted molar refractivity (Wildman–Crippen MR) is 102 cm³/mol. The molecule has 5 nitrogen and oxygen atoms in total. The van der Waals surface area contributed by atoms with Crippen LogP contribution in [0, 0.1) is 0 Å². The first kappa shape index (κ1) is 19.5. The molecule has 0 aliphatic carbocycles. The minimum atomic E-state index is -0.761. The minimum Gasteiger partial charge on any atom is -0.459 e. The number of urea groups is 1. The van der Waals surface area contributed by atoms with E-state index >= 15 is 0 Å². The molecule has 26 heavy (non-hydrogen) atoms. The van der Waals surface area contributed by atoms with Gasteiger partial charge < -0.3 is 15.4 Å². The van der Waals surface area contributed by atoms with Gasteiger partial charge >= 0.3 is 12.0 Å². The van der Waals surface area contributed by atoms with Crippen LogP contribution in [0.1, 0.15) is 31.9 Å². The molecule has 5 heteroatoms. The third-order valence-corrected chi connectivity index (χ3v) is 3.58. The van der Waals surface area contributed by atoms with E-state index in [0.29, 0.717) is 6.42 Å². The second-order valence-electron chi connectivity index (χ2n) is 7.18. The lowest BCUT2D eigenvalue weighted by Crippen LogP contribution is -2.52. The van der Waals surface area contributed by atoms with Crippen molar-refractivity contribution in [2.24, 2.45) is 0 Å². The smallest absolute Gasteiger partial charge is 0.329 e. The first-order chi connectivity index (χ1) is 12.3. The fourth-order valence-electron chi connectivity index (χ4n) is 2.41. The number of benzene rings is 2. The number of hydrogen-bond donors (Lipinski definition) is 2. The summed E-state index contributed by atoms with van der Waals surface area (Å²) in [5, 5.41) is 5.54. The van der Waals surface area contributed by atoms with E-state index in [4.69, 9.17) is 4.74 Å². The average Bonchev–Trinajstić information content (AvgIpc) is 2.59. The summed E-state index contributed by atoms with van der Waals surface area (Å²) in [6.45, 7) is 5.82. The minimum absolute atomic E-state index is 0.174. The van der Waals surface area contributed by atoms with Crippen molar-refractivity contribution < 1.29 is 14.3 Å². The Morgan fingerprint density at radius 2 is 1.46 bits per heavy atom. The van der Waals surface area contributed by atoms with Gasteiger partial charge in [-0.3, -0.25) is 0 Å². The summed E-state index contributed by atoms with van der Waals surface area (Å²) in [7, 11) is 0. The van der Waals surface area contributed by atoms with Crippen molar-refractivity contribution in [3.8, 4) is 0 Å². The SMILES string of the molecule is CC(C)(C)NC(=O)N[C@@H](Cc1ccccc1)C(=O)OCc1ccccc1. The topological polar surface area (TPSA) is 67.4 Å². The quantitative estimate of drug-likeness (QED) is 0.781. The largest absolute Gasteiger partial charge is 0.459 e. The number of hydrogen-bond acceptors (Lipinski definition) is 3. The van der Waals surface area contributed by atoms with E-state index in [1.54, 1.807) is 0 Å². The Balaban J connectivity index is 2.03. The monoisotopic (exact) mass is 354 g/mol. The third-order valence-electron chi connectivity index (χ3n) is 3.58. The number of ether oxygens (including phenoxy) is 1. The molecule has 2 amide bonds. The van der Waals surface area contributed by atoms with Gasteiger partial charge in [0.05, 0.1) is 0 Å². The van der Waals surface area contributed by atoms with Crippen molar-refractivity contribution in [3.63, 3.8) is 0 Å². The first-order valence-corrected chi connectivity index (χ1v) is 8.67. The predicted octanol–water partition coefficient (Wildman–Crippen LogP) is 3.44. The van der Waals surface area contributed by atoms with Crippen LogP contribution in [0.5, 0.6) is 0 Å². The Bertz CT molecular complexity index is 709. The van der Waals surface area contributed by atoms with Gasteiger partial charge in [-0.05, 0) is 31.9 Å². The highest BCUT2D eigenvalue weighted by atomic mass is 16.5. The summed E-state index contributed by atoms with van der Waals surface area (Å²) < 4.78 is 5.41. The molecule has 0 saturated heterocycles. The van der Waals surface area contributed by atoms with Gasteiger partial charge in [0.15, 0.2) is 0 Å². The Labute approximate surface area is 154 Å². The molecule has 0 saturated carbocycles. The Kier molecular flexibility index (Phi) is 6.78. The molecule has 0 bridgehead atoms.